The second kappa shape index (κ2) is 10.8. The zero-order valence-electron chi connectivity index (χ0n) is 20.9. The van der Waals surface area contributed by atoms with Gasteiger partial charge in [0.1, 0.15) is 21.5 Å². The summed E-state index contributed by atoms with van der Waals surface area (Å²) in [7, 11) is 0. The van der Waals surface area contributed by atoms with Crippen LogP contribution in [0, 0.1) is 12.8 Å². The largest absolute Gasteiger partial charge is 0.493 e. The number of nitrogens with zero attached hydrogens (tertiary/aromatic N) is 3. The monoisotopic (exact) mass is 529 g/mol. The molecular formula is C29H27N3O3S2. The molecule has 0 spiro atoms. The zero-order chi connectivity index (χ0) is 25.9. The Morgan fingerprint density at radius 3 is 2.65 bits per heavy atom. The fourth-order valence-electron chi connectivity index (χ4n) is 4.03. The molecule has 37 heavy (non-hydrogen) atoms. The van der Waals surface area contributed by atoms with Gasteiger partial charge in [-0.1, -0.05) is 68.2 Å². The van der Waals surface area contributed by atoms with Crippen LogP contribution in [0.2, 0.25) is 0 Å². The molecule has 8 heteroatoms. The van der Waals surface area contributed by atoms with Crippen LogP contribution in [0.25, 0.3) is 23.0 Å². The number of amides is 1. The summed E-state index contributed by atoms with van der Waals surface area (Å²) >= 11 is 6.82. The number of rotatable bonds is 8. The fraction of sp³-hybridized carbons (Fsp3) is 0.207. The summed E-state index contributed by atoms with van der Waals surface area (Å²) in [6, 6.07) is 19.5. The molecule has 1 amide bonds. The fourth-order valence-corrected chi connectivity index (χ4v) is 5.28. The van der Waals surface area contributed by atoms with Crippen LogP contribution in [-0.2, 0) is 11.3 Å². The van der Waals surface area contributed by atoms with E-state index in [0.29, 0.717) is 34.1 Å². The molecule has 1 fully saturated rings. The van der Waals surface area contributed by atoms with Crippen molar-refractivity contribution in [2.45, 2.75) is 27.3 Å². The Hall–Kier alpha value is -3.62. The lowest BCUT2D eigenvalue weighted by Gasteiger charge is -2.14. The van der Waals surface area contributed by atoms with Gasteiger partial charge in [-0.25, -0.2) is 4.68 Å². The third-order valence-electron chi connectivity index (χ3n) is 5.93. The van der Waals surface area contributed by atoms with Gasteiger partial charge in [-0.2, -0.15) is 5.10 Å². The standard InChI is InChI=1S/C29H27N3O3S2/c1-19(2)18-35-25-13-7-12-24(20(25)3)27-21(16-32(30-27)22-9-5-4-6-10-22)15-26-28(33)31(29(36)37-26)17-23-11-8-14-34-23/h4-16,19H,17-18H2,1-3H3. The number of para-hydroxylation sites is 1. The van der Waals surface area contributed by atoms with E-state index < -0.39 is 0 Å². The molecule has 188 valence electrons. The van der Waals surface area contributed by atoms with Gasteiger partial charge in [-0.05, 0) is 49.2 Å². The number of benzene rings is 2. The zero-order valence-corrected chi connectivity index (χ0v) is 22.5. The molecule has 0 radical (unpaired) electrons. The Morgan fingerprint density at radius 1 is 1.11 bits per heavy atom. The predicted octanol–water partition coefficient (Wildman–Crippen LogP) is 6.88. The third-order valence-corrected chi connectivity index (χ3v) is 7.31. The average Bonchev–Trinajstić information content (AvgIpc) is 3.61. The summed E-state index contributed by atoms with van der Waals surface area (Å²) in [5.41, 5.74) is 4.48. The van der Waals surface area contributed by atoms with E-state index in [-0.39, 0.29) is 5.91 Å². The van der Waals surface area contributed by atoms with Crippen molar-refractivity contribution in [3.05, 3.63) is 94.9 Å². The van der Waals surface area contributed by atoms with Crippen molar-refractivity contribution in [2.75, 3.05) is 6.61 Å². The van der Waals surface area contributed by atoms with Gasteiger partial charge in [-0.15, -0.1) is 0 Å². The van der Waals surface area contributed by atoms with E-state index >= 15 is 0 Å². The lowest BCUT2D eigenvalue weighted by atomic mass is 10.0. The van der Waals surface area contributed by atoms with Crippen molar-refractivity contribution in [3.63, 3.8) is 0 Å². The molecule has 0 saturated carbocycles. The highest BCUT2D eigenvalue weighted by Gasteiger charge is 2.33. The van der Waals surface area contributed by atoms with Crippen molar-refractivity contribution in [1.82, 2.24) is 14.7 Å². The number of thioether (sulfide) groups is 1. The van der Waals surface area contributed by atoms with Gasteiger partial charge < -0.3 is 9.15 Å². The molecule has 0 unspecified atom stereocenters. The lowest BCUT2D eigenvalue weighted by Crippen LogP contribution is -2.27. The first-order valence-corrected chi connectivity index (χ1v) is 13.3. The van der Waals surface area contributed by atoms with Crippen LogP contribution < -0.4 is 4.74 Å². The highest BCUT2D eigenvalue weighted by atomic mass is 32.2. The van der Waals surface area contributed by atoms with Crippen LogP contribution in [0.3, 0.4) is 0 Å². The molecule has 4 aromatic rings. The number of thiocarbonyl (C=S) groups is 1. The van der Waals surface area contributed by atoms with E-state index in [1.165, 1.54) is 11.8 Å². The van der Waals surface area contributed by atoms with Crippen LogP contribution in [0.5, 0.6) is 5.75 Å². The van der Waals surface area contributed by atoms with Crippen LogP contribution in [0.4, 0.5) is 0 Å². The van der Waals surface area contributed by atoms with Gasteiger partial charge in [0.15, 0.2) is 0 Å². The van der Waals surface area contributed by atoms with Gasteiger partial charge in [0.2, 0.25) is 0 Å². The first-order chi connectivity index (χ1) is 17.9. The molecule has 0 bridgehead atoms. The highest BCUT2D eigenvalue weighted by Crippen LogP contribution is 2.37. The number of furan rings is 1. The first kappa shape index (κ1) is 25.0. The summed E-state index contributed by atoms with van der Waals surface area (Å²) in [6.45, 7) is 7.23. The number of carbonyl (C=O) groups excluding carboxylic acids is 1. The molecule has 0 aliphatic carbocycles. The van der Waals surface area contributed by atoms with Gasteiger partial charge in [-0.3, -0.25) is 9.69 Å². The summed E-state index contributed by atoms with van der Waals surface area (Å²) in [6.07, 6.45) is 5.42. The van der Waals surface area contributed by atoms with Crippen molar-refractivity contribution in [2.24, 2.45) is 5.92 Å². The Labute approximate surface area is 225 Å². The first-order valence-electron chi connectivity index (χ1n) is 12.1. The number of ether oxygens (including phenoxy) is 1. The number of carbonyl (C=O) groups is 1. The Morgan fingerprint density at radius 2 is 1.92 bits per heavy atom. The van der Waals surface area contributed by atoms with Gasteiger partial charge in [0, 0.05) is 22.9 Å². The molecule has 1 saturated heterocycles. The normalized spacial score (nSPS) is 14.8. The predicted molar refractivity (Wildman–Crippen MR) is 151 cm³/mol. The van der Waals surface area contributed by atoms with Crippen molar-refractivity contribution in [1.29, 1.82) is 0 Å². The molecule has 0 atom stereocenters. The number of aromatic nitrogens is 2. The number of hydrogen-bond donors (Lipinski definition) is 0. The van der Waals surface area contributed by atoms with Crippen LogP contribution in [0.15, 0.2) is 82.4 Å². The average molecular weight is 530 g/mol. The second-order valence-electron chi connectivity index (χ2n) is 9.19. The minimum atomic E-state index is -0.143. The lowest BCUT2D eigenvalue weighted by molar-refractivity contribution is -0.122. The molecule has 2 aromatic heterocycles. The van der Waals surface area contributed by atoms with Crippen molar-refractivity contribution in [3.8, 4) is 22.7 Å². The van der Waals surface area contributed by atoms with E-state index in [1.807, 2.05) is 78.5 Å². The maximum absolute atomic E-state index is 13.3. The van der Waals surface area contributed by atoms with Crippen molar-refractivity contribution < 1.29 is 13.9 Å². The Bertz CT molecular complexity index is 1460. The summed E-state index contributed by atoms with van der Waals surface area (Å²) < 4.78 is 13.8. The topological polar surface area (TPSA) is 60.5 Å². The number of hydrogen-bond acceptors (Lipinski definition) is 6. The van der Waals surface area contributed by atoms with Crippen LogP contribution in [-0.4, -0.2) is 31.5 Å². The molecular weight excluding hydrogens is 502 g/mol. The van der Waals surface area contributed by atoms with E-state index in [4.69, 9.17) is 26.5 Å². The minimum absolute atomic E-state index is 0.143. The summed E-state index contributed by atoms with van der Waals surface area (Å²) in [5.74, 6) is 1.79. The summed E-state index contributed by atoms with van der Waals surface area (Å²) in [5, 5.41) is 4.95. The molecule has 6 nitrogen and oxygen atoms in total. The maximum atomic E-state index is 13.3. The van der Waals surface area contributed by atoms with E-state index in [1.54, 1.807) is 17.2 Å². The molecule has 1 aliphatic rings. The Balaban J connectivity index is 1.55. The van der Waals surface area contributed by atoms with E-state index in [0.717, 1.165) is 33.8 Å². The molecule has 0 N–H and O–H groups in total. The van der Waals surface area contributed by atoms with E-state index in [2.05, 4.69) is 13.8 Å². The molecule has 3 heterocycles. The maximum Gasteiger partial charge on any atom is 0.266 e. The minimum Gasteiger partial charge on any atom is -0.493 e. The SMILES string of the molecule is Cc1c(OCC(C)C)cccc1-c1nn(-c2ccccc2)cc1C=C1SC(=S)N(Cc2ccco2)C1=O. The van der Waals surface area contributed by atoms with Crippen LogP contribution >= 0.6 is 24.0 Å². The second-order valence-corrected chi connectivity index (χ2v) is 10.9. The molecule has 5 rings (SSSR count). The van der Waals surface area contributed by atoms with Gasteiger partial charge >= 0.3 is 0 Å². The van der Waals surface area contributed by atoms with Crippen molar-refractivity contribution >= 4 is 40.3 Å². The summed E-state index contributed by atoms with van der Waals surface area (Å²) in [4.78, 5) is 15.4. The quantitative estimate of drug-likeness (QED) is 0.183. The van der Waals surface area contributed by atoms with Gasteiger partial charge in [0.25, 0.3) is 5.91 Å². The van der Waals surface area contributed by atoms with Gasteiger partial charge in [0.05, 0.1) is 30.0 Å². The highest BCUT2D eigenvalue weighted by molar-refractivity contribution is 8.26. The van der Waals surface area contributed by atoms with Crippen LogP contribution in [0.1, 0.15) is 30.7 Å². The Kier molecular flexibility index (Phi) is 7.30. The smallest absolute Gasteiger partial charge is 0.266 e. The molecule has 2 aromatic carbocycles. The third kappa shape index (κ3) is 5.40. The van der Waals surface area contributed by atoms with E-state index in [9.17, 15) is 4.79 Å². The molecule has 1 aliphatic heterocycles.